The number of ether oxygens (including phenoxy) is 1. The number of hydrogen-bond acceptors (Lipinski definition) is 3. The van der Waals surface area contributed by atoms with E-state index in [1.807, 2.05) is 0 Å². The highest BCUT2D eigenvalue weighted by Crippen LogP contribution is 2.20. The van der Waals surface area contributed by atoms with Crippen molar-refractivity contribution in [3.05, 3.63) is 0 Å². The zero-order valence-electron chi connectivity index (χ0n) is 11.6. The molecule has 1 aliphatic heterocycles. The molecule has 0 spiro atoms. The number of nitrogens with zero attached hydrogens (tertiary/aromatic N) is 1. The Balaban J connectivity index is 2.57. The molecule has 0 N–H and O–H groups in total. The highest BCUT2D eigenvalue weighted by Gasteiger charge is 2.27. The smallest absolute Gasteiger partial charge is 0.323 e. The van der Waals surface area contributed by atoms with Gasteiger partial charge in [0.1, 0.15) is 6.04 Å². The van der Waals surface area contributed by atoms with E-state index in [1.54, 1.807) is 0 Å². The van der Waals surface area contributed by atoms with E-state index in [-0.39, 0.29) is 12.0 Å². The number of likely N-dealkylation sites (tertiary alicyclic amines) is 1. The summed E-state index contributed by atoms with van der Waals surface area (Å²) in [5, 5.41) is 0. The summed E-state index contributed by atoms with van der Waals surface area (Å²) in [6.45, 7) is 6.57. The van der Waals surface area contributed by atoms with Crippen LogP contribution in [0.2, 0.25) is 0 Å². The molecule has 1 aliphatic rings. The average molecular weight is 241 g/mol. The summed E-state index contributed by atoms with van der Waals surface area (Å²) in [6, 6.07) is -0.00903. The Kier molecular flexibility index (Phi) is 6.56. The van der Waals surface area contributed by atoms with E-state index in [4.69, 9.17) is 4.74 Å². The minimum Gasteiger partial charge on any atom is -0.468 e. The highest BCUT2D eigenvalue weighted by atomic mass is 16.5. The van der Waals surface area contributed by atoms with Gasteiger partial charge < -0.3 is 4.74 Å². The minimum absolute atomic E-state index is 0.00903. The third-order valence-electron chi connectivity index (χ3n) is 3.80. The van der Waals surface area contributed by atoms with Gasteiger partial charge in [0.25, 0.3) is 0 Å². The van der Waals surface area contributed by atoms with Crippen LogP contribution >= 0.6 is 0 Å². The molecule has 0 aliphatic carbocycles. The van der Waals surface area contributed by atoms with E-state index in [0.29, 0.717) is 0 Å². The first kappa shape index (κ1) is 14.5. The van der Waals surface area contributed by atoms with Crippen molar-refractivity contribution in [3.8, 4) is 0 Å². The van der Waals surface area contributed by atoms with Gasteiger partial charge in [0, 0.05) is 0 Å². The van der Waals surface area contributed by atoms with Crippen molar-refractivity contribution in [2.45, 2.75) is 58.4 Å². The number of unbranched alkanes of at least 4 members (excludes halogenated alkanes) is 1. The number of carbonyl (C=O) groups excluding carboxylic acids is 1. The van der Waals surface area contributed by atoms with Crippen LogP contribution in [0, 0.1) is 5.92 Å². The van der Waals surface area contributed by atoms with Crippen LogP contribution in [0.15, 0.2) is 0 Å². The van der Waals surface area contributed by atoms with Gasteiger partial charge in [0.2, 0.25) is 0 Å². The predicted octanol–water partition coefficient (Wildman–Crippen LogP) is 2.84. The molecule has 1 rings (SSSR count). The van der Waals surface area contributed by atoms with Crippen molar-refractivity contribution in [1.29, 1.82) is 0 Å². The average Bonchev–Trinajstić information content (AvgIpc) is 2.54. The molecule has 1 fully saturated rings. The van der Waals surface area contributed by atoms with Crippen LogP contribution in [0.1, 0.15) is 52.4 Å². The minimum atomic E-state index is -0.0481. The molecule has 1 saturated heterocycles. The fourth-order valence-electron chi connectivity index (χ4n) is 2.58. The number of carbonyl (C=O) groups is 1. The Labute approximate surface area is 106 Å². The van der Waals surface area contributed by atoms with Crippen molar-refractivity contribution >= 4 is 5.97 Å². The molecular formula is C14H27NO2. The van der Waals surface area contributed by atoms with Gasteiger partial charge in [-0.2, -0.15) is 0 Å². The highest BCUT2D eigenvalue weighted by molar-refractivity contribution is 5.75. The molecule has 2 unspecified atom stereocenters. The van der Waals surface area contributed by atoms with E-state index in [9.17, 15) is 4.79 Å². The molecule has 17 heavy (non-hydrogen) atoms. The molecule has 100 valence electrons. The quantitative estimate of drug-likeness (QED) is 0.693. The van der Waals surface area contributed by atoms with Gasteiger partial charge in [-0.1, -0.05) is 26.7 Å². The number of hydrogen-bond donors (Lipinski definition) is 0. The van der Waals surface area contributed by atoms with Gasteiger partial charge in [-0.25, -0.2) is 0 Å². The van der Waals surface area contributed by atoms with E-state index in [2.05, 4.69) is 18.7 Å². The second-order valence-electron chi connectivity index (χ2n) is 5.25. The number of esters is 1. The Morgan fingerprint density at radius 1 is 1.41 bits per heavy atom. The Morgan fingerprint density at radius 2 is 2.18 bits per heavy atom. The molecule has 2 atom stereocenters. The standard InChI is InChI=1S/C14H27NO2/c1-4-5-8-13(14(16)17-3)15-10-6-7-12(2)9-11-15/h12-13H,4-11H2,1-3H3. The second-order valence-corrected chi connectivity index (χ2v) is 5.25. The van der Waals surface area contributed by atoms with Gasteiger partial charge in [-0.15, -0.1) is 0 Å². The maximum absolute atomic E-state index is 11.8. The normalized spacial score (nSPS) is 24.1. The Hall–Kier alpha value is -0.570. The topological polar surface area (TPSA) is 29.5 Å². The number of rotatable bonds is 5. The molecule has 3 heteroatoms. The molecule has 0 aromatic heterocycles. The lowest BCUT2D eigenvalue weighted by molar-refractivity contribution is -0.147. The van der Waals surface area contributed by atoms with Gasteiger partial charge in [-0.3, -0.25) is 9.69 Å². The summed E-state index contributed by atoms with van der Waals surface area (Å²) >= 11 is 0. The van der Waals surface area contributed by atoms with E-state index < -0.39 is 0 Å². The fourth-order valence-corrected chi connectivity index (χ4v) is 2.58. The summed E-state index contributed by atoms with van der Waals surface area (Å²) in [7, 11) is 1.50. The van der Waals surface area contributed by atoms with E-state index in [0.717, 1.165) is 38.3 Å². The SMILES string of the molecule is CCCCC(C(=O)OC)N1CCCC(C)CC1. The first-order valence-electron chi connectivity index (χ1n) is 7.01. The van der Waals surface area contributed by atoms with Crippen LogP contribution in [0.4, 0.5) is 0 Å². The zero-order chi connectivity index (χ0) is 12.7. The summed E-state index contributed by atoms with van der Waals surface area (Å²) < 4.78 is 4.95. The largest absolute Gasteiger partial charge is 0.468 e. The summed E-state index contributed by atoms with van der Waals surface area (Å²) in [5.41, 5.74) is 0. The van der Waals surface area contributed by atoms with Crippen molar-refractivity contribution in [2.24, 2.45) is 5.92 Å². The lowest BCUT2D eigenvalue weighted by Crippen LogP contribution is -2.42. The van der Waals surface area contributed by atoms with Crippen LogP contribution in [-0.2, 0) is 9.53 Å². The van der Waals surface area contributed by atoms with E-state index >= 15 is 0 Å². The number of methoxy groups -OCH3 is 1. The molecule has 3 nitrogen and oxygen atoms in total. The van der Waals surface area contributed by atoms with Gasteiger partial charge in [0.05, 0.1) is 7.11 Å². The van der Waals surface area contributed by atoms with Crippen LogP contribution in [-0.4, -0.2) is 37.1 Å². The molecule has 0 saturated carbocycles. The maximum atomic E-state index is 11.8. The van der Waals surface area contributed by atoms with Crippen molar-refractivity contribution < 1.29 is 9.53 Å². The van der Waals surface area contributed by atoms with Crippen LogP contribution in [0.3, 0.4) is 0 Å². The van der Waals surface area contributed by atoms with Gasteiger partial charge in [-0.05, 0) is 44.7 Å². The predicted molar refractivity (Wildman–Crippen MR) is 69.9 cm³/mol. The lowest BCUT2D eigenvalue weighted by Gasteiger charge is -2.28. The van der Waals surface area contributed by atoms with Gasteiger partial charge in [0.15, 0.2) is 0 Å². The Morgan fingerprint density at radius 3 is 2.82 bits per heavy atom. The third kappa shape index (κ3) is 4.66. The maximum Gasteiger partial charge on any atom is 0.323 e. The molecule has 1 heterocycles. The molecule has 0 radical (unpaired) electrons. The molecule has 0 aromatic rings. The molecule has 0 aromatic carbocycles. The molecule has 0 bridgehead atoms. The third-order valence-corrected chi connectivity index (χ3v) is 3.80. The molecular weight excluding hydrogens is 214 g/mol. The lowest BCUT2D eigenvalue weighted by atomic mass is 10.0. The summed E-state index contributed by atoms with van der Waals surface area (Å²) in [5.74, 6) is 0.748. The van der Waals surface area contributed by atoms with Crippen LogP contribution in [0.25, 0.3) is 0 Å². The zero-order valence-corrected chi connectivity index (χ0v) is 11.6. The van der Waals surface area contributed by atoms with Gasteiger partial charge >= 0.3 is 5.97 Å². The van der Waals surface area contributed by atoms with Crippen molar-refractivity contribution in [1.82, 2.24) is 4.90 Å². The summed E-state index contributed by atoms with van der Waals surface area (Å²) in [6.07, 6.45) is 6.89. The summed E-state index contributed by atoms with van der Waals surface area (Å²) in [4.78, 5) is 14.2. The second kappa shape index (κ2) is 7.70. The van der Waals surface area contributed by atoms with Crippen molar-refractivity contribution in [2.75, 3.05) is 20.2 Å². The van der Waals surface area contributed by atoms with Crippen LogP contribution < -0.4 is 0 Å². The van der Waals surface area contributed by atoms with Crippen LogP contribution in [0.5, 0.6) is 0 Å². The molecule has 0 amide bonds. The monoisotopic (exact) mass is 241 g/mol. The first-order valence-corrected chi connectivity index (χ1v) is 7.01. The fraction of sp³-hybridized carbons (Fsp3) is 0.929. The van der Waals surface area contributed by atoms with Crippen molar-refractivity contribution in [3.63, 3.8) is 0 Å². The Bertz CT molecular complexity index is 230. The first-order chi connectivity index (χ1) is 8.19. The van der Waals surface area contributed by atoms with E-state index in [1.165, 1.54) is 26.4 Å².